The van der Waals surface area contributed by atoms with Gasteiger partial charge < -0.3 is 10.6 Å². The highest BCUT2D eigenvalue weighted by molar-refractivity contribution is 6.30. The number of hydrogen-bond donors (Lipinski definition) is 2. The summed E-state index contributed by atoms with van der Waals surface area (Å²) in [5.41, 5.74) is 1.63. The zero-order valence-electron chi connectivity index (χ0n) is 11.8. The number of hydrogen-bond acceptors (Lipinski definition) is 1. The maximum atomic E-state index is 11.8. The van der Waals surface area contributed by atoms with E-state index in [1.54, 1.807) is 0 Å². The van der Waals surface area contributed by atoms with Crippen molar-refractivity contribution < 1.29 is 4.79 Å². The van der Waals surface area contributed by atoms with Crippen LogP contribution in [0.3, 0.4) is 0 Å². The van der Waals surface area contributed by atoms with Crippen molar-refractivity contribution in [1.29, 1.82) is 0 Å². The van der Waals surface area contributed by atoms with Crippen molar-refractivity contribution in [3.05, 3.63) is 34.9 Å². The largest absolute Gasteiger partial charge is 0.335 e. The van der Waals surface area contributed by atoms with Crippen LogP contribution in [-0.4, -0.2) is 12.1 Å². The van der Waals surface area contributed by atoms with Crippen molar-refractivity contribution in [2.45, 2.75) is 45.2 Å². The number of amides is 2. The molecule has 0 heterocycles. The zero-order chi connectivity index (χ0) is 14.2. The van der Waals surface area contributed by atoms with Crippen LogP contribution in [-0.2, 0) is 6.54 Å². The molecule has 2 aliphatic carbocycles. The van der Waals surface area contributed by atoms with Gasteiger partial charge in [-0.05, 0) is 54.7 Å². The number of urea groups is 1. The molecule has 0 radical (unpaired) electrons. The van der Waals surface area contributed by atoms with E-state index in [4.69, 9.17) is 11.6 Å². The Labute approximate surface area is 125 Å². The third kappa shape index (κ3) is 2.93. The Morgan fingerprint density at radius 1 is 1.25 bits per heavy atom. The van der Waals surface area contributed by atoms with Gasteiger partial charge in [-0.1, -0.05) is 30.7 Å². The lowest BCUT2D eigenvalue weighted by Crippen LogP contribution is -2.57. The van der Waals surface area contributed by atoms with Gasteiger partial charge in [0.2, 0.25) is 0 Å². The molecule has 2 fully saturated rings. The molecule has 3 rings (SSSR count). The second-order valence-electron chi connectivity index (χ2n) is 6.57. The minimum absolute atomic E-state index is 0.0628. The van der Waals surface area contributed by atoms with E-state index >= 15 is 0 Å². The lowest BCUT2D eigenvalue weighted by Gasteiger charge is -2.57. The average Bonchev–Trinajstić information content (AvgIpc) is 2.34. The summed E-state index contributed by atoms with van der Waals surface area (Å²) < 4.78 is 0. The van der Waals surface area contributed by atoms with Gasteiger partial charge in [0.15, 0.2) is 0 Å². The first-order valence-corrected chi connectivity index (χ1v) is 7.71. The summed E-state index contributed by atoms with van der Waals surface area (Å²) in [4.78, 5) is 11.8. The summed E-state index contributed by atoms with van der Waals surface area (Å²) in [6.07, 6.45) is 5.01. The van der Waals surface area contributed by atoms with Gasteiger partial charge in [-0.3, -0.25) is 0 Å². The molecule has 0 unspecified atom stereocenters. The Morgan fingerprint density at radius 2 is 1.90 bits per heavy atom. The molecule has 4 heteroatoms. The molecule has 1 spiro atoms. The molecular formula is C16H21ClN2O. The van der Waals surface area contributed by atoms with Crippen LogP contribution in [0.5, 0.6) is 0 Å². The highest BCUT2D eigenvalue weighted by Crippen LogP contribution is 2.58. The molecule has 2 amide bonds. The van der Waals surface area contributed by atoms with Gasteiger partial charge in [0.05, 0.1) is 0 Å². The van der Waals surface area contributed by atoms with E-state index < -0.39 is 0 Å². The standard InChI is InChI=1S/C16H21ClN2O/c1-11-6-16(7-11)8-14(9-16)19-15(20)18-10-12-2-4-13(17)5-3-12/h2-5,11,14H,6-10H2,1H3,(H2,18,19,20)/t11-,14-,16?. The Hall–Kier alpha value is -1.22. The highest BCUT2D eigenvalue weighted by atomic mass is 35.5. The number of rotatable bonds is 3. The number of benzene rings is 1. The van der Waals surface area contributed by atoms with Crippen LogP contribution in [0.1, 0.15) is 38.2 Å². The molecular weight excluding hydrogens is 272 g/mol. The van der Waals surface area contributed by atoms with Gasteiger partial charge in [-0.25, -0.2) is 4.79 Å². The summed E-state index contributed by atoms with van der Waals surface area (Å²) in [5.74, 6) is 0.884. The van der Waals surface area contributed by atoms with Gasteiger partial charge >= 0.3 is 6.03 Å². The SMILES string of the molecule is C[C@H]1CC2(C1)C[C@@H](NC(=O)NCc1ccc(Cl)cc1)C2. The molecule has 108 valence electrons. The number of carbonyl (C=O) groups is 1. The molecule has 0 aromatic heterocycles. The maximum Gasteiger partial charge on any atom is 0.315 e. The van der Waals surface area contributed by atoms with E-state index in [2.05, 4.69) is 17.6 Å². The summed E-state index contributed by atoms with van der Waals surface area (Å²) in [6, 6.07) is 7.83. The Kier molecular flexibility index (Phi) is 3.63. The smallest absolute Gasteiger partial charge is 0.315 e. The maximum absolute atomic E-state index is 11.8. The van der Waals surface area contributed by atoms with Crippen molar-refractivity contribution in [2.24, 2.45) is 11.3 Å². The molecule has 2 saturated carbocycles. The third-order valence-electron chi connectivity index (χ3n) is 4.62. The first kappa shape index (κ1) is 13.7. The van der Waals surface area contributed by atoms with Crippen molar-refractivity contribution >= 4 is 17.6 Å². The highest BCUT2D eigenvalue weighted by Gasteiger charge is 2.51. The molecule has 0 aliphatic heterocycles. The Balaban J connectivity index is 1.37. The average molecular weight is 293 g/mol. The van der Waals surface area contributed by atoms with E-state index in [0.29, 0.717) is 23.0 Å². The number of carbonyl (C=O) groups excluding carboxylic acids is 1. The third-order valence-corrected chi connectivity index (χ3v) is 4.88. The van der Waals surface area contributed by atoms with Crippen LogP contribution < -0.4 is 10.6 Å². The number of halogens is 1. The fourth-order valence-corrected chi connectivity index (χ4v) is 3.99. The van der Waals surface area contributed by atoms with Crippen LogP contribution in [0.25, 0.3) is 0 Å². The van der Waals surface area contributed by atoms with Crippen molar-refractivity contribution in [2.75, 3.05) is 0 Å². The van der Waals surface area contributed by atoms with Crippen molar-refractivity contribution in [3.8, 4) is 0 Å². The lowest BCUT2D eigenvalue weighted by molar-refractivity contribution is -0.0387. The fraction of sp³-hybridized carbons (Fsp3) is 0.562. The van der Waals surface area contributed by atoms with Gasteiger partial charge in [0, 0.05) is 17.6 Å². The van der Waals surface area contributed by atoms with Crippen molar-refractivity contribution in [1.82, 2.24) is 10.6 Å². The molecule has 3 nitrogen and oxygen atoms in total. The minimum Gasteiger partial charge on any atom is -0.335 e. The van der Waals surface area contributed by atoms with Gasteiger partial charge in [0.25, 0.3) is 0 Å². The fourth-order valence-electron chi connectivity index (χ4n) is 3.86. The van der Waals surface area contributed by atoms with Gasteiger partial charge in [0.1, 0.15) is 0 Å². The van der Waals surface area contributed by atoms with E-state index in [0.717, 1.165) is 24.3 Å². The Morgan fingerprint density at radius 3 is 2.50 bits per heavy atom. The summed E-state index contributed by atoms with van der Waals surface area (Å²) in [6.45, 7) is 2.85. The van der Waals surface area contributed by atoms with E-state index in [1.165, 1.54) is 12.8 Å². The van der Waals surface area contributed by atoms with Gasteiger partial charge in [-0.2, -0.15) is 0 Å². The molecule has 0 saturated heterocycles. The predicted octanol–water partition coefficient (Wildman–Crippen LogP) is 3.72. The summed E-state index contributed by atoms with van der Waals surface area (Å²) in [5, 5.41) is 6.67. The van der Waals surface area contributed by atoms with E-state index in [1.807, 2.05) is 24.3 Å². The first-order chi connectivity index (χ1) is 9.55. The monoisotopic (exact) mass is 292 g/mol. The Bertz CT molecular complexity index is 486. The molecule has 0 bridgehead atoms. The molecule has 20 heavy (non-hydrogen) atoms. The van der Waals surface area contributed by atoms with Crippen LogP contribution >= 0.6 is 11.6 Å². The van der Waals surface area contributed by atoms with Crippen LogP contribution in [0.4, 0.5) is 4.79 Å². The lowest BCUT2D eigenvalue weighted by atomic mass is 9.50. The second-order valence-corrected chi connectivity index (χ2v) is 7.01. The summed E-state index contributed by atoms with van der Waals surface area (Å²) >= 11 is 5.83. The number of nitrogens with one attached hydrogen (secondary N) is 2. The zero-order valence-corrected chi connectivity index (χ0v) is 12.5. The molecule has 1 aromatic rings. The van der Waals surface area contributed by atoms with Crippen LogP contribution in [0.15, 0.2) is 24.3 Å². The molecule has 2 N–H and O–H groups in total. The van der Waals surface area contributed by atoms with Crippen LogP contribution in [0.2, 0.25) is 5.02 Å². The topological polar surface area (TPSA) is 41.1 Å². The van der Waals surface area contributed by atoms with E-state index in [9.17, 15) is 4.79 Å². The second kappa shape index (κ2) is 5.28. The first-order valence-electron chi connectivity index (χ1n) is 7.33. The van der Waals surface area contributed by atoms with Crippen LogP contribution in [0, 0.1) is 11.3 Å². The normalized spacial score (nSPS) is 31.3. The predicted molar refractivity (Wildman–Crippen MR) is 80.7 cm³/mol. The molecule has 0 atom stereocenters. The molecule has 2 aliphatic rings. The minimum atomic E-state index is -0.0628. The van der Waals surface area contributed by atoms with E-state index in [-0.39, 0.29) is 6.03 Å². The molecule has 1 aromatic carbocycles. The van der Waals surface area contributed by atoms with Crippen molar-refractivity contribution in [3.63, 3.8) is 0 Å². The summed E-state index contributed by atoms with van der Waals surface area (Å²) in [7, 11) is 0. The van der Waals surface area contributed by atoms with Gasteiger partial charge in [-0.15, -0.1) is 0 Å². The quantitative estimate of drug-likeness (QED) is 0.876.